The molecule has 0 heterocycles. The van der Waals surface area contributed by atoms with Crippen LogP contribution in [0.4, 0.5) is 4.39 Å². The average molecular weight is 273 g/mol. The normalized spacial score (nSPS) is 10.5. The van der Waals surface area contributed by atoms with Crippen LogP contribution in [-0.4, -0.2) is 13.7 Å². The van der Waals surface area contributed by atoms with E-state index in [0.29, 0.717) is 6.54 Å². The molecular weight excluding hydrogens is 253 g/mol. The summed E-state index contributed by atoms with van der Waals surface area (Å²) in [4.78, 5) is 0. The summed E-state index contributed by atoms with van der Waals surface area (Å²) in [7, 11) is 1.70. The summed E-state index contributed by atoms with van der Waals surface area (Å²) < 4.78 is 18.3. The van der Waals surface area contributed by atoms with Crippen LogP contribution in [0.15, 0.2) is 48.5 Å². The predicted molar refractivity (Wildman–Crippen MR) is 79.4 cm³/mol. The highest BCUT2D eigenvalue weighted by Gasteiger charge is 2.01. The third-order valence-electron chi connectivity index (χ3n) is 3.21. The Morgan fingerprint density at radius 1 is 1.10 bits per heavy atom. The second-order valence-electron chi connectivity index (χ2n) is 4.72. The van der Waals surface area contributed by atoms with E-state index in [-0.39, 0.29) is 5.82 Å². The number of hydrogen-bond acceptors (Lipinski definition) is 2. The highest BCUT2D eigenvalue weighted by atomic mass is 19.1. The van der Waals surface area contributed by atoms with Crippen LogP contribution in [0, 0.1) is 5.82 Å². The van der Waals surface area contributed by atoms with Crippen molar-refractivity contribution >= 4 is 0 Å². The minimum Gasteiger partial charge on any atom is -0.496 e. The Balaban J connectivity index is 1.71. The van der Waals surface area contributed by atoms with Gasteiger partial charge < -0.3 is 10.1 Å². The molecule has 2 nitrogen and oxygen atoms in total. The topological polar surface area (TPSA) is 21.3 Å². The van der Waals surface area contributed by atoms with Crippen molar-refractivity contribution in [2.24, 2.45) is 0 Å². The van der Waals surface area contributed by atoms with Crippen LogP contribution in [-0.2, 0) is 13.0 Å². The maximum Gasteiger partial charge on any atom is 0.123 e. The van der Waals surface area contributed by atoms with Crippen LogP contribution in [0.2, 0.25) is 0 Å². The van der Waals surface area contributed by atoms with Gasteiger partial charge in [0, 0.05) is 6.54 Å². The molecule has 3 heteroatoms. The van der Waals surface area contributed by atoms with Crippen molar-refractivity contribution in [2.45, 2.75) is 19.4 Å². The molecule has 0 spiro atoms. The second-order valence-corrected chi connectivity index (χ2v) is 4.72. The molecule has 0 unspecified atom stereocenters. The van der Waals surface area contributed by atoms with Crippen molar-refractivity contribution < 1.29 is 9.13 Å². The smallest absolute Gasteiger partial charge is 0.123 e. The fraction of sp³-hybridized carbons (Fsp3) is 0.294. The monoisotopic (exact) mass is 273 g/mol. The lowest BCUT2D eigenvalue weighted by atomic mass is 10.1. The number of ether oxygens (including phenoxy) is 1. The van der Waals surface area contributed by atoms with Gasteiger partial charge in [-0.2, -0.15) is 0 Å². The van der Waals surface area contributed by atoms with Crippen molar-refractivity contribution in [3.63, 3.8) is 0 Å². The maximum atomic E-state index is 13.0. The number of rotatable bonds is 7. The molecule has 2 aromatic rings. The van der Waals surface area contributed by atoms with Crippen LogP contribution in [0.25, 0.3) is 0 Å². The predicted octanol–water partition coefficient (Wildman–Crippen LogP) is 3.56. The van der Waals surface area contributed by atoms with Gasteiger partial charge in [0.25, 0.3) is 0 Å². The van der Waals surface area contributed by atoms with Crippen molar-refractivity contribution in [1.82, 2.24) is 5.32 Å². The van der Waals surface area contributed by atoms with Gasteiger partial charge in [-0.25, -0.2) is 4.39 Å². The van der Waals surface area contributed by atoms with Crippen molar-refractivity contribution in [3.8, 4) is 5.75 Å². The molecule has 0 aliphatic carbocycles. The van der Waals surface area contributed by atoms with E-state index in [9.17, 15) is 4.39 Å². The minimum atomic E-state index is -0.182. The summed E-state index contributed by atoms with van der Waals surface area (Å²) in [6.45, 7) is 1.60. The summed E-state index contributed by atoms with van der Waals surface area (Å²) in [5.41, 5.74) is 2.20. The molecule has 1 N–H and O–H groups in total. The molecule has 0 aliphatic heterocycles. The van der Waals surface area contributed by atoms with Gasteiger partial charge in [-0.1, -0.05) is 30.3 Å². The Labute approximate surface area is 119 Å². The highest BCUT2D eigenvalue weighted by Crippen LogP contribution is 2.18. The van der Waals surface area contributed by atoms with Crippen LogP contribution in [0.3, 0.4) is 0 Å². The molecule has 0 fully saturated rings. The van der Waals surface area contributed by atoms with E-state index >= 15 is 0 Å². The summed E-state index contributed by atoms with van der Waals surface area (Å²) in [6, 6.07) is 14.8. The fourth-order valence-electron chi connectivity index (χ4n) is 2.19. The Morgan fingerprint density at radius 2 is 1.95 bits per heavy atom. The number of nitrogens with one attached hydrogen (secondary N) is 1. The average Bonchev–Trinajstić information content (AvgIpc) is 2.47. The first kappa shape index (κ1) is 14.5. The van der Waals surface area contributed by atoms with E-state index in [1.165, 1.54) is 11.6 Å². The van der Waals surface area contributed by atoms with E-state index in [1.807, 2.05) is 24.3 Å². The zero-order valence-corrected chi connectivity index (χ0v) is 11.7. The molecule has 0 amide bonds. The van der Waals surface area contributed by atoms with Crippen molar-refractivity contribution in [1.29, 1.82) is 0 Å². The Bertz CT molecular complexity index is 542. The standard InChI is InChI=1S/C17H20FNO/c1-20-17-10-3-2-7-15(17)8-5-11-19-13-14-6-4-9-16(18)12-14/h2-4,6-7,9-10,12,19H,5,8,11,13H2,1H3. The van der Waals surface area contributed by atoms with E-state index in [1.54, 1.807) is 19.2 Å². The molecule has 0 radical (unpaired) electrons. The summed E-state index contributed by atoms with van der Waals surface area (Å²) in [6.07, 6.45) is 2.00. The quantitative estimate of drug-likeness (QED) is 0.779. The molecule has 2 aromatic carbocycles. The lowest BCUT2D eigenvalue weighted by Crippen LogP contribution is -2.15. The largest absolute Gasteiger partial charge is 0.496 e. The molecule has 2 rings (SSSR count). The van der Waals surface area contributed by atoms with E-state index in [2.05, 4.69) is 11.4 Å². The molecule has 0 aliphatic rings. The molecule has 0 saturated heterocycles. The third-order valence-corrected chi connectivity index (χ3v) is 3.21. The minimum absolute atomic E-state index is 0.182. The van der Waals surface area contributed by atoms with Gasteiger partial charge in [-0.05, 0) is 48.7 Å². The lowest BCUT2D eigenvalue weighted by molar-refractivity contribution is 0.409. The van der Waals surface area contributed by atoms with Crippen molar-refractivity contribution in [3.05, 3.63) is 65.5 Å². The van der Waals surface area contributed by atoms with Crippen LogP contribution < -0.4 is 10.1 Å². The number of aryl methyl sites for hydroxylation is 1. The van der Waals surface area contributed by atoms with E-state index < -0.39 is 0 Å². The van der Waals surface area contributed by atoms with Gasteiger partial charge >= 0.3 is 0 Å². The number of hydrogen-bond donors (Lipinski definition) is 1. The second kappa shape index (κ2) is 7.65. The number of para-hydroxylation sites is 1. The number of methoxy groups -OCH3 is 1. The van der Waals surface area contributed by atoms with E-state index in [4.69, 9.17) is 4.74 Å². The maximum absolute atomic E-state index is 13.0. The number of benzene rings is 2. The lowest BCUT2D eigenvalue weighted by Gasteiger charge is -2.08. The molecule has 106 valence electrons. The zero-order chi connectivity index (χ0) is 14.2. The van der Waals surface area contributed by atoms with Gasteiger partial charge in [0.15, 0.2) is 0 Å². The summed E-state index contributed by atoms with van der Waals surface area (Å²) >= 11 is 0. The molecule has 0 saturated carbocycles. The van der Waals surface area contributed by atoms with Gasteiger partial charge in [0.05, 0.1) is 7.11 Å². The SMILES string of the molecule is COc1ccccc1CCCNCc1cccc(F)c1. The van der Waals surface area contributed by atoms with Crippen LogP contribution in [0.5, 0.6) is 5.75 Å². The van der Waals surface area contributed by atoms with E-state index in [0.717, 1.165) is 30.7 Å². The Morgan fingerprint density at radius 3 is 2.75 bits per heavy atom. The molecule has 0 atom stereocenters. The first-order valence-electron chi connectivity index (χ1n) is 6.86. The van der Waals surface area contributed by atoms with Gasteiger partial charge in [-0.15, -0.1) is 0 Å². The molecule has 20 heavy (non-hydrogen) atoms. The van der Waals surface area contributed by atoms with Crippen LogP contribution >= 0.6 is 0 Å². The Hall–Kier alpha value is -1.87. The third kappa shape index (κ3) is 4.35. The van der Waals surface area contributed by atoms with Crippen LogP contribution in [0.1, 0.15) is 17.5 Å². The molecule has 0 aromatic heterocycles. The highest BCUT2D eigenvalue weighted by molar-refractivity contribution is 5.33. The van der Waals surface area contributed by atoms with Gasteiger partial charge in [0.2, 0.25) is 0 Å². The molecular formula is C17H20FNO. The summed E-state index contributed by atoms with van der Waals surface area (Å²) in [5.74, 6) is 0.760. The first-order chi connectivity index (χ1) is 9.79. The van der Waals surface area contributed by atoms with Gasteiger partial charge in [0.1, 0.15) is 11.6 Å². The van der Waals surface area contributed by atoms with Crippen molar-refractivity contribution in [2.75, 3.05) is 13.7 Å². The zero-order valence-electron chi connectivity index (χ0n) is 11.7. The first-order valence-corrected chi connectivity index (χ1v) is 6.86. The fourth-order valence-corrected chi connectivity index (χ4v) is 2.19. The molecule has 0 bridgehead atoms. The van der Waals surface area contributed by atoms with Gasteiger partial charge in [-0.3, -0.25) is 0 Å². The number of halogens is 1. The summed E-state index contributed by atoms with van der Waals surface area (Å²) in [5, 5.41) is 3.33. The Kier molecular flexibility index (Phi) is 5.56.